The van der Waals surface area contributed by atoms with Gasteiger partial charge in [-0.15, -0.1) is 0 Å². The van der Waals surface area contributed by atoms with Crippen molar-refractivity contribution in [2.45, 2.75) is 25.9 Å². The largest absolute Gasteiger partial charge is 0.390 e. The number of alkyl halides is 3. The summed E-state index contributed by atoms with van der Waals surface area (Å²) in [5, 5.41) is 2.61. The van der Waals surface area contributed by atoms with Crippen LogP contribution in [0.15, 0.2) is 6.33 Å². The van der Waals surface area contributed by atoms with Crippen LogP contribution in [-0.2, 0) is 6.42 Å². The van der Waals surface area contributed by atoms with Gasteiger partial charge in [-0.05, 0) is 6.42 Å². The number of nitrogen functional groups attached to an aromatic ring is 1. The Morgan fingerprint density at radius 2 is 2.06 bits per heavy atom. The highest BCUT2D eigenvalue weighted by atomic mass is 19.4. The molecule has 0 spiro atoms. The Kier molecular flexibility index (Phi) is 3.92. The molecule has 0 saturated carbocycles. The van der Waals surface area contributed by atoms with E-state index in [4.69, 9.17) is 5.73 Å². The standard InChI is InChI=1S/C9H13F3N4/c1-2-6-7(13)15-5-16-8(6)14-4-3-9(10,11)12/h5H,2-4H2,1H3,(H3,13,14,15,16). The minimum atomic E-state index is -4.17. The molecule has 0 aromatic carbocycles. The molecule has 90 valence electrons. The van der Waals surface area contributed by atoms with E-state index in [2.05, 4.69) is 15.3 Å². The maximum absolute atomic E-state index is 11.9. The molecule has 0 aliphatic rings. The van der Waals surface area contributed by atoms with Crippen LogP contribution in [0, 0.1) is 0 Å². The predicted molar refractivity (Wildman–Crippen MR) is 55.0 cm³/mol. The van der Waals surface area contributed by atoms with Gasteiger partial charge in [-0.2, -0.15) is 13.2 Å². The van der Waals surface area contributed by atoms with Gasteiger partial charge in [0.1, 0.15) is 18.0 Å². The molecule has 1 rings (SSSR count). The van der Waals surface area contributed by atoms with Crippen molar-refractivity contribution >= 4 is 11.6 Å². The van der Waals surface area contributed by atoms with Crippen molar-refractivity contribution in [2.24, 2.45) is 0 Å². The summed E-state index contributed by atoms with van der Waals surface area (Å²) >= 11 is 0. The zero-order valence-corrected chi connectivity index (χ0v) is 8.80. The monoisotopic (exact) mass is 234 g/mol. The molecule has 16 heavy (non-hydrogen) atoms. The Balaban J connectivity index is 2.64. The van der Waals surface area contributed by atoms with Crippen molar-refractivity contribution in [3.05, 3.63) is 11.9 Å². The average molecular weight is 234 g/mol. The van der Waals surface area contributed by atoms with E-state index in [1.807, 2.05) is 6.92 Å². The first kappa shape index (κ1) is 12.5. The highest BCUT2D eigenvalue weighted by Gasteiger charge is 2.26. The van der Waals surface area contributed by atoms with Crippen LogP contribution >= 0.6 is 0 Å². The van der Waals surface area contributed by atoms with Crippen LogP contribution < -0.4 is 11.1 Å². The minimum Gasteiger partial charge on any atom is -0.383 e. The highest BCUT2D eigenvalue weighted by Crippen LogP contribution is 2.21. The summed E-state index contributed by atoms with van der Waals surface area (Å²) in [7, 11) is 0. The lowest BCUT2D eigenvalue weighted by Gasteiger charge is -2.11. The molecule has 0 bridgehead atoms. The number of rotatable bonds is 4. The number of hydrogen-bond donors (Lipinski definition) is 2. The van der Waals surface area contributed by atoms with E-state index in [0.717, 1.165) is 0 Å². The molecule has 0 amide bonds. The van der Waals surface area contributed by atoms with Crippen LogP contribution in [0.25, 0.3) is 0 Å². The van der Waals surface area contributed by atoms with Gasteiger partial charge in [-0.1, -0.05) is 6.92 Å². The first-order valence-electron chi connectivity index (χ1n) is 4.84. The van der Waals surface area contributed by atoms with Gasteiger partial charge in [0.25, 0.3) is 0 Å². The number of nitrogens with zero attached hydrogens (tertiary/aromatic N) is 2. The van der Waals surface area contributed by atoms with Gasteiger partial charge in [0.2, 0.25) is 0 Å². The van der Waals surface area contributed by atoms with Gasteiger partial charge in [0, 0.05) is 12.1 Å². The lowest BCUT2D eigenvalue weighted by atomic mass is 10.2. The molecule has 1 aromatic heterocycles. The van der Waals surface area contributed by atoms with Crippen LogP contribution in [0.5, 0.6) is 0 Å². The summed E-state index contributed by atoms with van der Waals surface area (Å²) < 4.78 is 35.8. The van der Waals surface area contributed by atoms with Gasteiger partial charge in [0.15, 0.2) is 0 Å². The molecule has 7 heteroatoms. The zero-order valence-electron chi connectivity index (χ0n) is 8.80. The number of nitrogens with two attached hydrogens (primary N) is 1. The Labute approximate surface area is 91.1 Å². The van der Waals surface area contributed by atoms with Crippen molar-refractivity contribution in [3.63, 3.8) is 0 Å². The topological polar surface area (TPSA) is 63.8 Å². The third-order valence-corrected chi connectivity index (χ3v) is 2.03. The van der Waals surface area contributed by atoms with Crippen LogP contribution in [0.3, 0.4) is 0 Å². The van der Waals surface area contributed by atoms with Gasteiger partial charge in [-0.25, -0.2) is 9.97 Å². The van der Waals surface area contributed by atoms with E-state index in [1.54, 1.807) is 0 Å². The molecule has 4 nitrogen and oxygen atoms in total. The zero-order chi connectivity index (χ0) is 12.2. The Morgan fingerprint density at radius 3 is 2.62 bits per heavy atom. The predicted octanol–water partition coefficient (Wildman–Crippen LogP) is 1.99. The van der Waals surface area contributed by atoms with Crippen molar-refractivity contribution in [1.29, 1.82) is 0 Å². The number of nitrogens with one attached hydrogen (secondary N) is 1. The highest BCUT2D eigenvalue weighted by molar-refractivity contribution is 5.54. The molecule has 1 heterocycles. The molecule has 0 fully saturated rings. The molecule has 0 unspecified atom stereocenters. The normalized spacial score (nSPS) is 11.5. The summed E-state index contributed by atoms with van der Waals surface area (Å²) in [6, 6.07) is 0. The van der Waals surface area contributed by atoms with Crippen molar-refractivity contribution in [1.82, 2.24) is 9.97 Å². The molecular weight excluding hydrogens is 221 g/mol. The first-order valence-corrected chi connectivity index (χ1v) is 4.84. The number of anilines is 2. The van der Waals surface area contributed by atoms with Crippen LogP contribution in [0.4, 0.5) is 24.8 Å². The first-order chi connectivity index (χ1) is 7.44. The maximum Gasteiger partial charge on any atom is 0.390 e. The fraction of sp³-hybridized carbons (Fsp3) is 0.556. The number of hydrogen-bond acceptors (Lipinski definition) is 4. The maximum atomic E-state index is 11.9. The van der Waals surface area contributed by atoms with Crippen LogP contribution in [0.2, 0.25) is 0 Å². The van der Waals surface area contributed by atoms with Gasteiger partial charge in [-0.3, -0.25) is 0 Å². The molecular formula is C9H13F3N4. The quantitative estimate of drug-likeness (QED) is 0.836. The Hall–Kier alpha value is -1.53. The molecule has 0 radical (unpaired) electrons. The van der Waals surface area contributed by atoms with E-state index in [9.17, 15) is 13.2 Å². The van der Waals surface area contributed by atoms with E-state index >= 15 is 0 Å². The fourth-order valence-corrected chi connectivity index (χ4v) is 1.25. The third kappa shape index (κ3) is 3.56. The SMILES string of the molecule is CCc1c(N)ncnc1NCCC(F)(F)F. The molecule has 0 aliphatic heterocycles. The fourth-order valence-electron chi connectivity index (χ4n) is 1.25. The average Bonchev–Trinajstić information content (AvgIpc) is 2.16. The van der Waals surface area contributed by atoms with Gasteiger partial charge in [0.05, 0.1) is 6.42 Å². The molecule has 0 saturated heterocycles. The van der Waals surface area contributed by atoms with E-state index in [0.29, 0.717) is 23.6 Å². The Morgan fingerprint density at radius 1 is 1.38 bits per heavy atom. The summed E-state index contributed by atoms with van der Waals surface area (Å²) in [6.07, 6.45) is -3.27. The van der Waals surface area contributed by atoms with Crippen molar-refractivity contribution in [2.75, 3.05) is 17.6 Å². The van der Waals surface area contributed by atoms with Gasteiger partial charge >= 0.3 is 6.18 Å². The molecule has 0 atom stereocenters. The van der Waals surface area contributed by atoms with E-state index in [1.165, 1.54) is 6.33 Å². The van der Waals surface area contributed by atoms with Crippen molar-refractivity contribution in [3.8, 4) is 0 Å². The smallest absolute Gasteiger partial charge is 0.383 e. The molecule has 1 aromatic rings. The molecule has 0 aliphatic carbocycles. The summed E-state index contributed by atoms with van der Waals surface area (Å²) in [4.78, 5) is 7.63. The number of aromatic nitrogens is 2. The summed E-state index contributed by atoms with van der Waals surface area (Å²) in [6.45, 7) is 1.62. The van der Waals surface area contributed by atoms with E-state index in [-0.39, 0.29) is 6.54 Å². The number of halogens is 3. The summed E-state index contributed by atoms with van der Waals surface area (Å²) in [5.41, 5.74) is 6.22. The van der Waals surface area contributed by atoms with Gasteiger partial charge < -0.3 is 11.1 Å². The molecule has 3 N–H and O–H groups in total. The van der Waals surface area contributed by atoms with E-state index < -0.39 is 12.6 Å². The lowest BCUT2D eigenvalue weighted by molar-refractivity contribution is -0.131. The second kappa shape index (κ2) is 5.00. The Bertz CT molecular complexity index is 351. The van der Waals surface area contributed by atoms with Crippen LogP contribution in [0.1, 0.15) is 18.9 Å². The summed E-state index contributed by atoms with van der Waals surface area (Å²) in [5.74, 6) is 0.672. The third-order valence-electron chi connectivity index (χ3n) is 2.03. The minimum absolute atomic E-state index is 0.215. The van der Waals surface area contributed by atoms with Crippen LogP contribution in [-0.4, -0.2) is 22.7 Å². The second-order valence-electron chi connectivity index (χ2n) is 3.23. The van der Waals surface area contributed by atoms with Crippen molar-refractivity contribution < 1.29 is 13.2 Å². The lowest BCUT2D eigenvalue weighted by Crippen LogP contribution is -2.16. The second-order valence-corrected chi connectivity index (χ2v) is 3.23.